The fourth-order valence-corrected chi connectivity index (χ4v) is 4.77. The molecule has 3 aromatic rings. The maximum absolute atomic E-state index is 13.5. The van der Waals surface area contributed by atoms with E-state index in [4.69, 9.17) is 4.74 Å². The Morgan fingerprint density at radius 3 is 2.87 bits per heavy atom. The first-order valence-electron chi connectivity index (χ1n) is 11.3. The number of aryl methyl sites for hydroxylation is 2. The van der Waals surface area contributed by atoms with Crippen LogP contribution in [0.3, 0.4) is 0 Å². The number of nitrogens with zero attached hydrogens (tertiary/aromatic N) is 3. The first-order valence-corrected chi connectivity index (χ1v) is 11.3. The Bertz CT molecular complexity index is 1090. The Morgan fingerprint density at radius 2 is 2.03 bits per heavy atom. The largest absolute Gasteiger partial charge is 0.381 e. The Morgan fingerprint density at radius 1 is 1.19 bits per heavy atom. The summed E-state index contributed by atoms with van der Waals surface area (Å²) in [5.41, 5.74) is 4.78. The molecule has 1 fully saturated rings. The highest BCUT2D eigenvalue weighted by molar-refractivity contribution is 6.06. The third-order valence-corrected chi connectivity index (χ3v) is 6.45. The molecule has 5 rings (SSSR count). The molecule has 31 heavy (non-hydrogen) atoms. The lowest BCUT2D eigenvalue weighted by atomic mass is 9.87. The van der Waals surface area contributed by atoms with E-state index in [-0.39, 0.29) is 18.0 Å². The van der Waals surface area contributed by atoms with Crippen LogP contribution in [0.15, 0.2) is 36.7 Å². The molecule has 1 atom stereocenters. The molecule has 1 amide bonds. The quantitative estimate of drug-likeness (QED) is 0.657. The SMILES string of the molecule is CCn1ncc2c(NC3CCOCC3)c(C(=O)NC3CCCc4ccccc43)cnc21. The van der Waals surface area contributed by atoms with Crippen LogP contribution in [0.4, 0.5) is 5.69 Å². The Balaban J connectivity index is 1.48. The maximum atomic E-state index is 13.5. The minimum atomic E-state index is -0.0880. The molecule has 7 nitrogen and oxygen atoms in total. The van der Waals surface area contributed by atoms with Crippen molar-refractivity contribution in [1.29, 1.82) is 0 Å². The van der Waals surface area contributed by atoms with Crippen molar-refractivity contribution in [3.8, 4) is 0 Å². The van der Waals surface area contributed by atoms with E-state index in [1.807, 2.05) is 23.9 Å². The predicted molar refractivity (Wildman–Crippen MR) is 120 cm³/mol. The summed E-state index contributed by atoms with van der Waals surface area (Å²) in [7, 11) is 0. The number of benzene rings is 1. The molecule has 2 N–H and O–H groups in total. The second-order valence-corrected chi connectivity index (χ2v) is 8.39. The van der Waals surface area contributed by atoms with Crippen molar-refractivity contribution in [1.82, 2.24) is 20.1 Å². The van der Waals surface area contributed by atoms with E-state index in [2.05, 4.69) is 38.9 Å². The number of carbonyl (C=O) groups excluding carboxylic acids is 1. The van der Waals surface area contributed by atoms with E-state index < -0.39 is 0 Å². The summed E-state index contributed by atoms with van der Waals surface area (Å²) in [4.78, 5) is 18.1. The number of rotatable bonds is 5. The molecule has 0 radical (unpaired) electrons. The number of carbonyl (C=O) groups is 1. The van der Waals surface area contributed by atoms with E-state index in [0.29, 0.717) is 5.56 Å². The van der Waals surface area contributed by atoms with E-state index in [0.717, 1.165) is 68.6 Å². The highest BCUT2D eigenvalue weighted by Crippen LogP contribution is 2.32. The van der Waals surface area contributed by atoms with Crippen molar-refractivity contribution in [3.63, 3.8) is 0 Å². The molecule has 1 unspecified atom stereocenters. The number of pyridine rings is 1. The summed E-state index contributed by atoms with van der Waals surface area (Å²) in [6, 6.07) is 8.72. The third kappa shape index (κ3) is 3.90. The van der Waals surface area contributed by atoms with Crippen LogP contribution >= 0.6 is 0 Å². The summed E-state index contributed by atoms with van der Waals surface area (Å²) in [5, 5.41) is 12.3. The topological polar surface area (TPSA) is 81.1 Å². The minimum absolute atomic E-state index is 0.0300. The average molecular weight is 420 g/mol. The molecule has 7 heteroatoms. The molecule has 2 aliphatic rings. The second-order valence-electron chi connectivity index (χ2n) is 8.39. The van der Waals surface area contributed by atoms with Gasteiger partial charge in [0.1, 0.15) is 0 Å². The Hall–Kier alpha value is -2.93. The molecule has 0 bridgehead atoms. The van der Waals surface area contributed by atoms with Gasteiger partial charge >= 0.3 is 0 Å². The summed E-state index contributed by atoms with van der Waals surface area (Å²) in [5.74, 6) is -0.0880. The first-order chi connectivity index (χ1) is 15.2. The van der Waals surface area contributed by atoms with E-state index >= 15 is 0 Å². The number of nitrogens with one attached hydrogen (secondary N) is 2. The zero-order valence-electron chi connectivity index (χ0n) is 17.9. The lowest BCUT2D eigenvalue weighted by molar-refractivity contribution is 0.0903. The average Bonchev–Trinajstić information content (AvgIpc) is 3.24. The van der Waals surface area contributed by atoms with Gasteiger partial charge in [0.05, 0.1) is 28.9 Å². The lowest BCUT2D eigenvalue weighted by Crippen LogP contribution is -2.33. The molecule has 0 saturated carbocycles. The number of ether oxygens (including phenoxy) is 1. The van der Waals surface area contributed by atoms with Gasteiger partial charge in [-0.2, -0.15) is 5.10 Å². The van der Waals surface area contributed by atoms with Crippen LogP contribution in [0.2, 0.25) is 0 Å². The van der Waals surface area contributed by atoms with Gasteiger partial charge in [0.2, 0.25) is 0 Å². The van der Waals surface area contributed by atoms with Gasteiger partial charge in [0.15, 0.2) is 5.65 Å². The molecule has 1 aromatic carbocycles. The number of anilines is 1. The Kier molecular flexibility index (Phi) is 5.59. The normalized spacial score (nSPS) is 19.2. The number of amides is 1. The monoisotopic (exact) mass is 419 g/mol. The number of hydrogen-bond donors (Lipinski definition) is 2. The van der Waals surface area contributed by atoms with Gasteiger partial charge in [-0.1, -0.05) is 24.3 Å². The van der Waals surface area contributed by atoms with Gasteiger partial charge in [0.25, 0.3) is 5.91 Å². The van der Waals surface area contributed by atoms with E-state index in [1.165, 1.54) is 11.1 Å². The van der Waals surface area contributed by atoms with Crippen LogP contribution in [-0.2, 0) is 17.7 Å². The zero-order valence-corrected chi connectivity index (χ0v) is 17.9. The lowest BCUT2D eigenvalue weighted by Gasteiger charge is -2.28. The minimum Gasteiger partial charge on any atom is -0.381 e. The van der Waals surface area contributed by atoms with Crippen LogP contribution in [0, 0.1) is 0 Å². The molecular formula is C24H29N5O2. The summed E-state index contributed by atoms with van der Waals surface area (Å²) in [6.07, 6.45) is 8.46. The molecule has 0 spiro atoms. The van der Waals surface area contributed by atoms with Gasteiger partial charge in [-0.15, -0.1) is 0 Å². The van der Waals surface area contributed by atoms with Crippen molar-refractivity contribution in [2.75, 3.05) is 18.5 Å². The Labute approximate surface area is 182 Å². The van der Waals surface area contributed by atoms with E-state index in [9.17, 15) is 4.79 Å². The number of hydrogen-bond acceptors (Lipinski definition) is 5. The molecule has 1 aliphatic heterocycles. The summed E-state index contributed by atoms with van der Waals surface area (Å²) < 4.78 is 7.37. The highest BCUT2D eigenvalue weighted by atomic mass is 16.5. The third-order valence-electron chi connectivity index (χ3n) is 6.45. The van der Waals surface area contributed by atoms with Crippen molar-refractivity contribution < 1.29 is 9.53 Å². The van der Waals surface area contributed by atoms with Crippen molar-refractivity contribution in [2.45, 2.75) is 57.7 Å². The first kappa shape index (κ1) is 20.0. The molecule has 1 aliphatic carbocycles. The fourth-order valence-electron chi connectivity index (χ4n) is 4.77. The van der Waals surface area contributed by atoms with Crippen molar-refractivity contribution in [3.05, 3.63) is 53.3 Å². The van der Waals surface area contributed by atoms with Gasteiger partial charge in [-0.25, -0.2) is 9.67 Å². The zero-order chi connectivity index (χ0) is 21.2. The number of aromatic nitrogens is 3. The van der Waals surface area contributed by atoms with Crippen molar-refractivity contribution in [2.24, 2.45) is 0 Å². The van der Waals surface area contributed by atoms with Crippen LogP contribution < -0.4 is 10.6 Å². The van der Waals surface area contributed by atoms with Crippen LogP contribution in [0.25, 0.3) is 11.0 Å². The van der Waals surface area contributed by atoms with Crippen LogP contribution in [0.1, 0.15) is 60.1 Å². The fraction of sp³-hybridized carbons (Fsp3) is 0.458. The van der Waals surface area contributed by atoms with Crippen LogP contribution in [0.5, 0.6) is 0 Å². The summed E-state index contributed by atoms with van der Waals surface area (Å²) >= 11 is 0. The highest BCUT2D eigenvalue weighted by Gasteiger charge is 2.26. The molecule has 2 aromatic heterocycles. The van der Waals surface area contributed by atoms with Gasteiger partial charge in [-0.3, -0.25) is 4.79 Å². The second kappa shape index (κ2) is 8.67. The summed E-state index contributed by atoms with van der Waals surface area (Å²) in [6.45, 7) is 4.25. The van der Waals surface area contributed by atoms with E-state index in [1.54, 1.807) is 6.20 Å². The molecule has 1 saturated heterocycles. The molecule has 162 valence electrons. The maximum Gasteiger partial charge on any atom is 0.255 e. The predicted octanol–water partition coefficient (Wildman–Crippen LogP) is 3.85. The number of fused-ring (bicyclic) bond motifs is 2. The standard InChI is InChI=1S/C24H29N5O2/c1-2-29-23-19(15-26-29)22(27-17-10-12-31-13-11-17)20(14-25-23)24(30)28-21-9-5-7-16-6-3-4-8-18(16)21/h3-4,6,8,14-15,17,21H,2,5,7,9-13H2,1H3,(H,25,27)(H,28,30). The van der Waals surface area contributed by atoms with Crippen molar-refractivity contribution >= 4 is 22.6 Å². The smallest absolute Gasteiger partial charge is 0.255 e. The van der Waals surface area contributed by atoms with Gasteiger partial charge in [0, 0.05) is 32.0 Å². The molecule has 3 heterocycles. The molecular weight excluding hydrogens is 390 g/mol. The van der Waals surface area contributed by atoms with Gasteiger partial charge < -0.3 is 15.4 Å². The van der Waals surface area contributed by atoms with Gasteiger partial charge in [-0.05, 0) is 50.2 Å². The van der Waals surface area contributed by atoms with Crippen LogP contribution in [-0.4, -0.2) is 39.9 Å².